The Hall–Kier alpha value is -0.220. The number of thioether (sulfide) groups is 1. The van der Waals surface area contributed by atoms with Gasteiger partial charge in [-0.3, -0.25) is 4.79 Å². The molecule has 1 saturated carbocycles. The largest absolute Gasteiger partial charge is 0.481 e. The first-order valence-electron chi connectivity index (χ1n) is 5.22. The molecule has 0 aromatic heterocycles. The number of hydrogen-bond acceptors (Lipinski definition) is 3. The number of hydrogen-bond donors (Lipinski definition) is 2. The SMILES string of the molecule is NC1CC(C(=O)O)(C2CCCSC2)C1. The summed E-state index contributed by atoms with van der Waals surface area (Å²) in [4.78, 5) is 11.3. The quantitative estimate of drug-likeness (QED) is 0.729. The summed E-state index contributed by atoms with van der Waals surface area (Å²) >= 11 is 1.89. The Labute approximate surface area is 88.4 Å². The lowest BCUT2D eigenvalue weighted by molar-refractivity contribution is -0.160. The van der Waals surface area contributed by atoms with Crippen molar-refractivity contribution in [3.63, 3.8) is 0 Å². The normalized spacial score (nSPS) is 42.9. The highest BCUT2D eigenvalue weighted by Gasteiger charge is 2.54. The molecule has 0 radical (unpaired) electrons. The molecule has 2 rings (SSSR count). The second-order valence-electron chi connectivity index (χ2n) is 4.54. The van der Waals surface area contributed by atoms with Crippen LogP contribution in [0.4, 0.5) is 0 Å². The molecule has 0 amide bonds. The topological polar surface area (TPSA) is 63.3 Å². The molecule has 2 aliphatic rings. The molecule has 14 heavy (non-hydrogen) atoms. The monoisotopic (exact) mass is 215 g/mol. The van der Waals surface area contributed by atoms with E-state index in [1.165, 1.54) is 12.2 Å². The van der Waals surface area contributed by atoms with Crippen LogP contribution < -0.4 is 5.73 Å². The fourth-order valence-electron chi connectivity index (χ4n) is 2.74. The highest BCUT2D eigenvalue weighted by atomic mass is 32.2. The first kappa shape index (κ1) is 10.3. The predicted octanol–water partition coefficient (Wildman–Crippen LogP) is 1.32. The van der Waals surface area contributed by atoms with Crippen molar-refractivity contribution in [3.05, 3.63) is 0 Å². The molecule has 3 nitrogen and oxygen atoms in total. The maximum Gasteiger partial charge on any atom is 0.310 e. The Kier molecular flexibility index (Phi) is 2.75. The minimum Gasteiger partial charge on any atom is -0.481 e. The summed E-state index contributed by atoms with van der Waals surface area (Å²) in [6.07, 6.45) is 3.62. The number of rotatable bonds is 2. The molecule has 3 N–H and O–H groups in total. The number of carboxylic acids is 1. The molecule has 1 atom stereocenters. The van der Waals surface area contributed by atoms with Gasteiger partial charge in [-0.1, -0.05) is 0 Å². The maximum absolute atomic E-state index is 11.3. The smallest absolute Gasteiger partial charge is 0.310 e. The van der Waals surface area contributed by atoms with E-state index < -0.39 is 11.4 Å². The van der Waals surface area contributed by atoms with Crippen molar-refractivity contribution in [2.75, 3.05) is 11.5 Å². The summed E-state index contributed by atoms with van der Waals surface area (Å²) in [7, 11) is 0. The number of carboxylic acid groups (broad SMARTS) is 1. The van der Waals surface area contributed by atoms with Crippen LogP contribution in [0.3, 0.4) is 0 Å². The third-order valence-corrected chi connectivity index (χ3v) is 4.84. The molecule has 1 unspecified atom stereocenters. The predicted molar refractivity (Wildman–Crippen MR) is 57.3 cm³/mol. The summed E-state index contributed by atoms with van der Waals surface area (Å²) in [5, 5.41) is 9.29. The van der Waals surface area contributed by atoms with E-state index in [0.29, 0.717) is 18.8 Å². The van der Waals surface area contributed by atoms with E-state index in [2.05, 4.69) is 0 Å². The van der Waals surface area contributed by atoms with Crippen molar-refractivity contribution in [2.45, 2.75) is 31.7 Å². The second-order valence-corrected chi connectivity index (χ2v) is 5.69. The van der Waals surface area contributed by atoms with E-state index in [4.69, 9.17) is 5.73 Å². The van der Waals surface area contributed by atoms with Crippen LogP contribution in [0.5, 0.6) is 0 Å². The van der Waals surface area contributed by atoms with Crippen LogP contribution in [0.25, 0.3) is 0 Å². The highest BCUT2D eigenvalue weighted by Crippen LogP contribution is 2.50. The molecule has 1 aliphatic carbocycles. The molecule has 0 aromatic rings. The van der Waals surface area contributed by atoms with E-state index in [9.17, 15) is 9.90 Å². The Balaban J connectivity index is 2.07. The van der Waals surface area contributed by atoms with E-state index in [1.807, 2.05) is 11.8 Å². The Morgan fingerprint density at radius 2 is 2.21 bits per heavy atom. The first-order valence-corrected chi connectivity index (χ1v) is 6.37. The summed E-state index contributed by atoms with van der Waals surface area (Å²) in [6, 6.07) is 0.123. The lowest BCUT2D eigenvalue weighted by atomic mass is 9.58. The van der Waals surface area contributed by atoms with Crippen LogP contribution in [0.2, 0.25) is 0 Å². The summed E-state index contributed by atoms with van der Waals surface area (Å²) in [5.41, 5.74) is 5.26. The highest BCUT2D eigenvalue weighted by molar-refractivity contribution is 7.99. The van der Waals surface area contributed by atoms with Crippen molar-refractivity contribution in [1.82, 2.24) is 0 Å². The van der Waals surface area contributed by atoms with Crippen LogP contribution in [0, 0.1) is 11.3 Å². The van der Waals surface area contributed by atoms with Crippen LogP contribution in [-0.4, -0.2) is 28.6 Å². The average molecular weight is 215 g/mol. The van der Waals surface area contributed by atoms with Gasteiger partial charge in [0.2, 0.25) is 0 Å². The zero-order valence-corrected chi connectivity index (χ0v) is 9.05. The molecule has 0 spiro atoms. The zero-order valence-electron chi connectivity index (χ0n) is 8.24. The maximum atomic E-state index is 11.3. The molecule has 1 saturated heterocycles. The van der Waals surface area contributed by atoms with Crippen molar-refractivity contribution in [2.24, 2.45) is 17.1 Å². The summed E-state index contributed by atoms with van der Waals surface area (Å²) < 4.78 is 0. The minimum atomic E-state index is -0.619. The van der Waals surface area contributed by atoms with Gasteiger partial charge in [0.05, 0.1) is 5.41 Å². The van der Waals surface area contributed by atoms with Gasteiger partial charge in [0.15, 0.2) is 0 Å². The molecule has 4 heteroatoms. The van der Waals surface area contributed by atoms with Gasteiger partial charge in [-0.15, -0.1) is 0 Å². The van der Waals surface area contributed by atoms with Crippen LogP contribution in [0.15, 0.2) is 0 Å². The summed E-state index contributed by atoms with van der Waals surface area (Å²) in [6.45, 7) is 0. The third kappa shape index (κ3) is 1.54. The standard InChI is InChI=1S/C10H17NO2S/c11-8-4-10(5-8,9(12)13)7-2-1-3-14-6-7/h7-8H,1-6,11H2,(H,12,13). The molecular weight excluding hydrogens is 198 g/mol. The minimum absolute atomic E-state index is 0.123. The third-order valence-electron chi connectivity index (χ3n) is 3.62. The molecule has 1 heterocycles. The van der Waals surface area contributed by atoms with Crippen LogP contribution in [0.1, 0.15) is 25.7 Å². The van der Waals surface area contributed by atoms with Gasteiger partial charge in [-0.05, 0) is 43.1 Å². The molecule has 1 aliphatic heterocycles. The van der Waals surface area contributed by atoms with Gasteiger partial charge >= 0.3 is 5.97 Å². The fourth-order valence-corrected chi connectivity index (χ4v) is 4.04. The average Bonchev–Trinajstić information content (AvgIpc) is 2.13. The Morgan fingerprint density at radius 1 is 1.50 bits per heavy atom. The first-order chi connectivity index (χ1) is 6.65. The van der Waals surface area contributed by atoms with Gasteiger partial charge in [0.25, 0.3) is 0 Å². The second kappa shape index (κ2) is 3.74. The summed E-state index contributed by atoms with van der Waals surface area (Å²) in [5.74, 6) is 1.95. The van der Waals surface area contributed by atoms with Gasteiger partial charge in [-0.2, -0.15) is 11.8 Å². The van der Waals surface area contributed by atoms with Crippen molar-refractivity contribution in [1.29, 1.82) is 0 Å². The van der Waals surface area contributed by atoms with Crippen molar-refractivity contribution < 1.29 is 9.90 Å². The fraction of sp³-hybridized carbons (Fsp3) is 0.900. The van der Waals surface area contributed by atoms with Crippen LogP contribution in [-0.2, 0) is 4.79 Å². The Morgan fingerprint density at radius 3 is 2.64 bits per heavy atom. The van der Waals surface area contributed by atoms with Gasteiger partial charge in [0.1, 0.15) is 0 Å². The number of nitrogens with two attached hydrogens (primary N) is 1. The van der Waals surface area contributed by atoms with E-state index in [1.54, 1.807) is 0 Å². The zero-order chi connectivity index (χ0) is 10.2. The number of aliphatic carboxylic acids is 1. The lowest BCUT2D eigenvalue weighted by Crippen LogP contribution is -2.56. The molecular formula is C10H17NO2S. The van der Waals surface area contributed by atoms with E-state index in [0.717, 1.165) is 12.2 Å². The molecule has 0 aromatic carbocycles. The van der Waals surface area contributed by atoms with Gasteiger partial charge in [-0.25, -0.2) is 0 Å². The Bertz CT molecular complexity index is 232. The van der Waals surface area contributed by atoms with Crippen molar-refractivity contribution >= 4 is 17.7 Å². The molecule has 80 valence electrons. The molecule has 2 fully saturated rings. The van der Waals surface area contributed by atoms with Crippen LogP contribution >= 0.6 is 11.8 Å². The molecule has 0 bridgehead atoms. The number of carbonyl (C=O) groups is 1. The van der Waals surface area contributed by atoms with E-state index in [-0.39, 0.29) is 6.04 Å². The lowest BCUT2D eigenvalue weighted by Gasteiger charge is -2.48. The van der Waals surface area contributed by atoms with Gasteiger partial charge < -0.3 is 10.8 Å². The van der Waals surface area contributed by atoms with E-state index >= 15 is 0 Å². The van der Waals surface area contributed by atoms with Crippen molar-refractivity contribution in [3.8, 4) is 0 Å². The van der Waals surface area contributed by atoms with Gasteiger partial charge in [0, 0.05) is 6.04 Å².